The lowest BCUT2D eigenvalue weighted by atomic mass is 9.78. The van der Waals surface area contributed by atoms with E-state index in [-0.39, 0.29) is 22.7 Å². The molecule has 12 heteroatoms. The van der Waals surface area contributed by atoms with Gasteiger partial charge in [-0.05, 0) is 93.5 Å². The fourth-order valence-electron chi connectivity index (χ4n) is 7.31. The van der Waals surface area contributed by atoms with E-state index in [0.29, 0.717) is 50.3 Å². The molecule has 0 N–H and O–H groups in total. The molecule has 0 aromatic heterocycles. The van der Waals surface area contributed by atoms with Crippen molar-refractivity contribution in [3.63, 3.8) is 0 Å². The van der Waals surface area contributed by atoms with E-state index in [1.807, 2.05) is 0 Å². The van der Waals surface area contributed by atoms with Gasteiger partial charge in [-0.2, -0.15) is 26.3 Å². The lowest BCUT2D eigenvalue weighted by Crippen LogP contribution is -2.62. The minimum absolute atomic E-state index is 0.0798. The highest BCUT2D eigenvalue weighted by Crippen LogP contribution is 2.52. The van der Waals surface area contributed by atoms with Gasteiger partial charge in [0.25, 0.3) is 0 Å². The van der Waals surface area contributed by atoms with E-state index in [2.05, 4.69) is 11.8 Å². The molecule has 2 unspecified atom stereocenters. The van der Waals surface area contributed by atoms with Crippen LogP contribution in [0.15, 0.2) is 36.4 Å². The summed E-state index contributed by atoms with van der Waals surface area (Å²) in [5.74, 6) is -0.415. The van der Waals surface area contributed by atoms with Gasteiger partial charge < -0.3 is 14.5 Å². The van der Waals surface area contributed by atoms with Crippen LogP contribution in [0, 0.1) is 12.7 Å². The Bertz CT molecular complexity index is 1350. The monoisotopic (exact) mass is 615 g/mol. The van der Waals surface area contributed by atoms with Gasteiger partial charge in [0.05, 0.1) is 36.4 Å². The molecule has 5 rings (SSSR count). The molecule has 4 atom stereocenters. The molecular weight excluding hydrogens is 579 g/mol. The number of fused-ring (bicyclic) bond motifs is 2. The Morgan fingerprint density at radius 3 is 2.26 bits per heavy atom. The summed E-state index contributed by atoms with van der Waals surface area (Å²) in [7, 11) is 1.38. The highest BCUT2D eigenvalue weighted by molar-refractivity contribution is 5.75. The number of hydrogen-bond donors (Lipinski definition) is 0. The van der Waals surface area contributed by atoms with Crippen LogP contribution in [0.5, 0.6) is 0 Å². The highest BCUT2D eigenvalue weighted by atomic mass is 19.4. The average Bonchev–Trinajstić information content (AvgIpc) is 3.22. The second kappa shape index (κ2) is 10.9. The maximum absolute atomic E-state index is 14.1. The Morgan fingerprint density at radius 2 is 1.65 bits per heavy atom. The topological polar surface area (TPSA) is 36.0 Å². The SMILES string of the molecule is Cc1cc(F)ccc1[C@H]1CC2(CCN1C(=O)N(C)[C@H](C)c1cc(C(F)(F)F)cc(C(F)(F)F)c1)CCC1(C)COCCN12. The molecule has 5 nitrogen and oxygen atoms in total. The standard InChI is InChI=1S/C31H36F7N3O2/c1-19-13-24(32)5-6-25(19)26-17-29(8-7-28(3)18-43-12-11-41(28)29)9-10-40(26)27(42)39(4)20(2)21-14-22(30(33,34)35)16-23(15-21)31(36,37)38/h5-6,13-16,20,26H,7-12,17-18H2,1-4H3/t20-,26-,28?,29?/m1/s1. The van der Waals surface area contributed by atoms with Gasteiger partial charge in [0.15, 0.2) is 0 Å². The minimum Gasteiger partial charge on any atom is -0.378 e. The Balaban J connectivity index is 1.49. The quantitative estimate of drug-likeness (QED) is 0.332. The number of carbonyl (C=O) groups is 1. The molecular formula is C31H36F7N3O2. The van der Waals surface area contributed by atoms with E-state index in [0.717, 1.165) is 24.9 Å². The first-order valence-corrected chi connectivity index (χ1v) is 14.4. The molecule has 0 bridgehead atoms. The number of carbonyl (C=O) groups excluding carboxylic acids is 1. The van der Waals surface area contributed by atoms with Crippen LogP contribution in [0.3, 0.4) is 0 Å². The molecule has 3 aliphatic rings. The van der Waals surface area contributed by atoms with Gasteiger partial charge in [0.2, 0.25) is 0 Å². The summed E-state index contributed by atoms with van der Waals surface area (Å²) >= 11 is 0. The summed E-state index contributed by atoms with van der Waals surface area (Å²) in [6.45, 7) is 7.62. The van der Waals surface area contributed by atoms with Gasteiger partial charge in [-0.15, -0.1) is 0 Å². The summed E-state index contributed by atoms with van der Waals surface area (Å²) in [4.78, 5) is 19.4. The number of halogens is 7. The number of aryl methyl sites for hydroxylation is 1. The number of morpholine rings is 1. The van der Waals surface area contributed by atoms with Crippen LogP contribution in [0.25, 0.3) is 0 Å². The molecule has 2 aromatic rings. The molecule has 3 heterocycles. The average molecular weight is 616 g/mol. The van der Waals surface area contributed by atoms with Gasteiger partial charge >= 0.3 is 18.4 Å². The van der Waals surface area contributed by atoms with Crippen molar-refractivity contribution in [2.75, 3.05) is 33.4 Å². The summed E-state index contributed by atoms with van der Waals surface area (Å²) in [5.41, 5.74) is -2.09. The summed E-state index contributed by atoms with van der Waals surface area (Å²) in [6, 6.07) is 3.70. The van der Waals surface area contributed by atoms with E-state index < -0.39 is 47.4 Å². The van der Waals surface area contributed by atoms with E-state index in [1.165, 1.54) is 31.0 Å². The van der Waals surface area contributed by atoms with Crippen LogP contribution in [-0.2, 0) is 17.1 Å². The molecule has 2 aromatic carbocycles. The van der Waals surface area contributed by atoms with Crippen molar-refractivity contribution in [2.45, 2.75) is 82.0 Å². The number of alkyl halides is 6. The fraction of sp³-hybridized carbons (Fsp3) is 0.581. The summed E-state index contributed by atoms with van der Waals surface area (Å²) in [5, 5.41) is 0. The van der Waals surface area contributed by atoms with Crippen LogP contribution < -0.4 is 0 Å². The molecule has 0 saturated carbocycles. The Morgan fingerprint density at radius 1 is 1.00 bits per heavy atom. The Hall–Kier alpha value is -2.86. The molecule has 3 fully saturated rings. The predicted molar refractivity (Wildman–Crippen MR) is 146 cm³/mol. The van der Waals surface area contributed by atoms with Crippen molar-refractivity contribution in [1.82, 2.24) is 14.7 Å². The third kappa shape index (κ3) is 5.84. The van der Waals surface area contributed by atoms with Crippen molar-refractivity contribution >= 4 is 6.03 Å². The first-order chi connectivity index (χ1) is 19.9. The van der Waals surface area contributed by atoms with Gasteiger partial charge in [-0.25, -0.2) is 9.18 Å². The van der Waals surface area contributed by atoms with Gasteiger partial charge in [0, 0.05) is 31.2 Å². The third-order valence-electron chi connectivity index (χ3n) is 9.80. The van der Waals surface area contributed by atoms with Crippen LogP contribution in [-0.4, -0.2) is 65.2 Å². The van der Waals surface area contributed by atoms with Crippen molar-refractivity contribution in [3.05, 3.63) is 70.0 Å². The first kappa shape index (κ1) is 31.6. The number of rotatable bonds is 3. The van der Waals surface area contributed by atoms with Crippen LogP contribution >= 0.6 is 0 Å². The number of amides is 2. The molecule has 0 aliphatic carbocycles. The normalized spacial score (nSPS) is 27.3. The zero-order valence-electron chi connectivity index (χ0n) is 24.6. The zero-order valence-corrected chi connectivity index (χ0v) is 24.6. The van der Waals surface area contributed by atoms with Crippen molar-refractivity contribution < 1.29 is 40.3 Å². The lowest BCUT2D eigenvalue weighted by Gasteiger charge is -2.54. The number of hydrogen-bond acceptors (Lipinski definition) is 3. The molecule has 43 heavy (non-hydrogen) atoms. The minimum atomic E-state index is -5.00. The van der Waals surface area contributed by atoms with Gasteiger partial charge in [-0.1, -0.05) is 6.07 Å². The van der Waals surface area contributed by atoms with Crippen molar-refractivity contribution in [3.8, 4) is 0 Å². The summed E-state index contributed by atoms with van der Waals surface area (Å²) < 4.78 is 101. The smallest absolute Gasteiger partial charge is 0.378 e. The number of ether oxygens (including phenoxy) is 1. The van der Waals surface area contributed by atoms with Crippen molar-refractivity contribution in [2.24, 2.45) is 0 Å². The fourth-order valence-corrected chi connectivity index (χ4v) is 7.31. The Kier molecular flexibility index (Phi) is 8.03. The molecule has 236 valence electrons. The van der Waals surface area contributed by atoms with Crippen LogP contribution in [0.4, 0.5) is 35.5 Å². The summed E-state index contributed by atoms with van der Waals surface area (Å²) in [6.07, 6.45) is -6.98. The highest BCUT2D eigenvalue weighted by Gasteiger charge is 2.56. The number of urea groups is 1. The molecule has 0 radical (unpaired) electrons. The second-order valence-electron chi connectivity index (χ2n) is 12.5. The number of benzene rings is 2. The van der Waals surface area contributed by atoms with Gasteiger partial charge in [-0.3, -0.25) is 4.90 Å². The van der Waals surface area contributed by atoms with Crippen LogP contribution in [0.2, 0.25) is 0 Å². The van der Waals surface area contributed by atoms with E-state index >= 15 is 0 Å². The number of likely N-dealkylation sites (tertiary alicyclic amines) is 1. The Labute approximate surface area is 246 Å². The molecule has 2 amide bonds. The lowest BCUT2D eigenvalue weighted by molar-refractivity contribution is -0.143. The first-order valence-electron chi connectivity index (χ1n) is 14.4. The van der Waals surface area contributed by atoms with E-state index in [4.69, 9.17) is 4.74 Å². The maximum atomic E-state index is 14.1. The second-order valence-corrected chi connectivity index (χ2v) is 12.5. The molecule has 3 aliphatic heterocycles. The largest absolute Gasteiger partial charge is 0.416 e. The molecule has 3 saturated heterocycles. The van der Waals surface area contributed by atoms with Crippen LogP contribution in [0.1, 0.15) is 79.4 Å². The number of nitrogens with zero attached hydrogens (tertiary/aromatic N) is 3. The van der Waals surface area contributed by atoms with Gasteiger partial charge in [0.1, 0.15) is 5.82 Å². The third-order valence-corrected chi connectivity index (χ3v) is 9.80. The number of piperidine rings is 1. The zero-order chi connectivity index (χ0) is 31.5. The predicted octanol–water partition coefficient (Wildman–Crippen LogP) is 7.75. The van der Waals surface area contributed by atoms with E-state index in [9.17, 15) is 35.5 Å². The van der Waals surface area contributed by atoms with Crippen molar-refractivity contribution in [1.29, 1.82) is 0 Å². The molecule has 1 spiro atoms. The maximum Gasteiger partial charge on any atom is 0.416 e. The van der Waals surface area contributed by atoms with E-state index in [1.54, 1.807) is 17.9 Å².